The maximum atomic E-state index is 6.16. The minimum Gasteiger partial charge on any atom is -0.367 e. The van der Waals surface area contributed by atoms with Crippen LogP contribution in [0.2, 0.25) is 0 Å². The van der Waals surface area contributed by atoms with Crippen molar-refractivity contribution < 1.29 is 4.74 Å². The second-order valence-corrected chi connectivity index (χ2v) is 4.57. The zero-order valence-electron chi connectivity index (χ0n) is 10.1. The largest absolute Gasteiger partial charge is 0.367 e. The van der Waals surface area contributed by atoms with Crippen LogP contribution in [0.25, 0.3) is 0 Å². The Bertz CT molecular complexity index is 312. The third-order valence-corrected chi connectivity index (χ3v) is 3.20. The van der Waals surface area contributed by atoms with Crippen LogP contribution in [0.1, 0.15) is 38.4 Å². The molecule has 2 heteroatoms. The first kappa shape index (κ1) is 11.6. The van der Waals surface area contributed by atoms with E-state index in [0.717, 1.165) is 13.0 Å². The summed E-state index contributed by atoms with van der Waals surface area (Å²) < 4.78 is 6.16. The topological polar surface area (TPSA) is 21.3 Å². The van der Waals surface area contributed by atoms with Gasteiger partial charge in [0.2, 0.25) is 0 Å². The van der Waals surface area contributed by atoms with Crippen molar-refractivity contribution in [3.63, 3.8) is 0 Å². The Morgan fingerprint density at radius 2 is 2.06 bits per heavy atom. The first-order chi connectivity index (χ1) is 7.81. The lowest BCUT2D eigenvalue weighted by Gasteiger charge is -2.36. The zero-order chi connectivity index (χ0) is 11.4. The molecule has 1 aromatic carbocycles. The molecule has 3 atom stereocenters. The number of nitrogens with one attached hydrogen (secondary N) is 1. The highest BCUT2D eigenvalue weighted by Crippen LogP contribution is 2.27. The summed E-state index contributed by atoms with van der Waals surface area (Å²) in [6.45, 7) is 5.39. The van der Waals surface area contributed by atoms with Crippen LogP contribution in [0.5, 0.6) is 0 Å². The van der Waals surface area contributed by atoms with Crippen LogP contribution in [0, 0.1) is 0 Å². The summed E-state index contributed by atoms with van der Waals surface area (Å²) in [6, 6.07) is 10.9. The molecular weight excluding hydrogens is 198 g/mol. The van der Waals surface area contributed by atoms with Crippen molar-refractivity contribution in [1.29, 1.82) is 0 Å². The number of morpholine rings is 1. The Kier molecular flexibility index (Phi) is 3.97. The van der Waals surface area contributed by atoms with E-state index in [9.17, 15) is 0 Å². The van der Waals surface area contributed by atoms with Gasteiger partial charge in [-0.3, -0.25) is 0 Å². The number of rotatable bonds is 3. The number of ether oxygens (including phenoxy) is 1. The number of benzene rings is 1. The van der Waals surface area contributed by atoms with Gasteiger partial charge in [0, 0.05) is 12.6 Å². The van der Waals surface area contributed by atoms with Gasteiger partial charge in [0.05, 0.1) is 12.2 Å². The van der Waals surface area contributed by atoms with Crippen LogP contribution < -0.4 is 5.32 Å². The summed E-state index contributed by atoms with van der Waals surface area (Å²) in [7, 11) is 0. The normalized spacial score (nSPS) is 30.2. The fourth-order valence-corrected chi connectivity index (χ4v) is 2.30. The summed E-state index contributed by atoms with van der Waals surface area (Å²) in [5.41, 5.74) is 1.28. The highest BCUT2D eigenvalue weighted by atomic mass is 16.5. The van der Waals surface area contributed by atoms with Crippen LogP contribution in [0.3, 0.4) is 0 Å². The van der Waals surface area contributed by atoms with Crippen molar-refractivity contribution >= 4 is 0 Å². The molecule has 0 aliphatic carbocycles. The molecule has 0 radical (unpaired) electrons. The van der Waals surface area contributed by atoms with Crippen molar-refractivity contribution in [2.75, 3.05) is 6.54 Å². The minimum atomic E-state index is 0.200. The zero-order valence-corrected chi connectivity index (χ0v) is 10.1. The van der Waals surface area contributed by atoms with Gasteiger partial charge in [-0.15, -0.1) is 0 Å². The van der Waals surface area contributed by atoms with Gasteiger partial charge in [-0.2, -0.15) is 0 Å². The van der Waals surface area contributed by atoms with Crippen molar-refractivity contribution in [1.82, 2.24) is 5.32 Å². The maximum absolute atomic E-state index is 6.16. The maximum Gasteiger partial charge on any atom is 0.0979 e. The molecule has 0 spiro atoms. The fraction of sp³-hybridized carbons (Fsp3) is 0.571. The van der Waals surface area contributed by atoms with E-state index in [1.165, 1.54) is 12.0 Å². The van der Waals surface area contributed by atoms with Crippen LogP contribution in [0.4, 0.5) is 0 Å². The quantitative estimate of drug-likeness (QED) is 0.844. The predicted octanol–water partition coefficient (Wildman–Crippen LogP) is 2.90. The smallest absolute Gasteiger partial charge is 0.0979 e. The monoisotopic (exact) mass is 219 g/mol. The van der Waals surface area contributed by atoms with Gasteiger partial charge in [-0.05, 0) is 18.9 Å². The summed E-state index contributed by atoms with van der Waals surface area (Å²) in [5, 5.41) is 3.54. The highest BCUT2D eigenvalue weighted by Gasteiger charge is 2.28. The Balaban J connectivity index is 2.07. The van der Waals surface area contributed by atoms with E-state index >= 15 is 0 Å². The van der Waals surface area contributed by atoms with Gasteiger partial charge in [0.25, 0.3) is 0 Å². The molecule has 1 heterocycles. The molecule has 2 nitrogen and oxygen atoms in total. The molecule has 1 N–H and O–H groups in total. The third-order valence-electron chi connectivity index (χ3n) is 3.20. The first-order valence-electron chi connectivity index (χ1n) is 6.25. The van der Waals surface area contributed by atoms with E-state index in [1.807, 2.05) is 6.07 Å². The standard InChI is InChI=1S/C14H21NO/c1-3-7-13-10-15-11(2)14(16-13)12-8-5-4-6-9-12/h4-6,8-9,11,13-15H,3,7,10H2,1-2H3. The molecule has 1 aliphatic rings. The average Bonchev–Trinajstić information content (AvgIpc) is 2.33. The highest BCUT2D eigenvalue weighted by molar-refractivity contribution is 5.19. The third kappa shape index (κ3) is 2.63. The van der Waals surface area contributed by atoms with Crippen molar-refractivity contribution in [2.24, 2.45) is 0 Å². The van der Waals surface area contributed by atoms with E-state index in [1.54, 1.807) is 0 Å². The molecule has 3 unspecified atom stereocenters. The van der Waals surface area contributed by atoms with Crippen molar-refractivity contribution in [3.8, 4) is 0 Å². The van der Waals surface area contributed by atoms with Crippen molar-refractivity contribution in [2.45, 2.75) is 44.9 Å². The average molecular weight is 219 g/mol. The molecule has 0 amide bonds. The summed E-state index contributed by atoms with van der Waals surface area (Å²) >= 11 is 0. The number of hydrogen-bond acceptors (Lipinski definition) is 2. The molecule has 1 aliphatic heterocycles. The molecule has 16 heavy (non-hydrogen) atoms. The van der Waals surface area contributed by atoms with Crippen LogP contribution in [-0.2, 0) is 4.74 Å². The summed E-state index contributed by atoms with van der Waals surface area (Å²) in [6.07, 6.45) is 2.89. The fourth-order valence-electron chi connectivity index (χ4n) is 2.30. The van der Waals surface area contributed by atoms with Gasteiger partial charge < -0.3 is 10.1 Å². The van der Waals surface area contributed by atoms with Crippen LogP contribution >= 0.6 is 0 Å². The Morgan fingerprint density at radius 3 is 2.75 bits per heavy atom. The molecule has 2 rings (SSSR count). The lowest BCUT2D eigenvalue weighted by atomic mass is 10.00. The van der Waals surface area contributed by atoms with E-state index in [-0.39, 0.29) is 6.10 Å². The summed E-state index contributed by atoms with van der Waals surface area (Å²) in [4.78, 5) is 0. The van der Waals surface area contributed by atoms with Gasteiger partial charge >= 0.3 is 0 Å². The second-order valence-electron chi connectivity index (χ2n) is 4.57. The Hall–Kier alpha value is -0.860. The predicted molar refractivity (Wildman–Crippen MR) is 66.4 cm³/mol. The van der Waals surface area contributed by atoms with Crippen molar-refractivity contribution in [3.05, 3.63) is 35.9 Å². The Morgan fingerprint density at radius 1 is 1.31 bits per heavy atom. The lowest BCUT2D eigenvalue weighted by Crippen LogP contribution is -2.46. The van der Waals surface area contributed by atoms with E-state index in [0.29, 0.717) is 12.1 Å². The SMILES string of the molecule is CCCC1CNC(C)C(c2ccccc2)O1. The minimum absolute atomic E-state index is 0.200. The molecule has 1 saturated heterocycles. The van der Waals surface area contributed by atoms with E-state index in [2.05, 4.69) is 43.4 Å². The van der Waals surface area contributed by atoms with Crippen LogP contribution in [0.15, 0.2) is 30.3 Å². The summed E-state index contributed by atoms with van der Waals surface area (Å²) in [5.74, 6) is 0. The van der Waals surface area contributed by atoms with Gasteiger partial charge in [0.1, 0.15) is 0 Å². The molecule has 88 valence electrons. The molecule has 0 saturated carbocycles. The van der Waals surface area contributed by atoms with Gasteiger partial charge in [-0.25, -0.2) is 0 Å². The lowest BCUT2D eigenvalue weighted by molar-refractivity contribution is -0.0644. The molecule has 0 bridgehead atoms. The molecule has 1 fully saturated rings. The van der Waals surface area contributed by atoms with Crippen LogP contribution in [-0.4, -0.2) is 18.7 Å². The molecular formula is C14H21NO. The number of hydrogen-bond donors (Lipinski definition) is 1. The van der Waals surface area contributed by atoms with Gasteiger partial charge in [0.15, 0.2) is 0 Å². The second kappa shape index (κ2) is 5.46. The first-order valence-corrected chi connectivity index (χ1v) is 6.25. The molecule has 1 aromatic rings. The Labute approximate surface area is 98.0 Å². The van der Waals surface area contributed by atoms with E-state index < -0.39 is 0 Å². The van der Waals surface area contributed by atoms with Gasteiger partial charge in [-0.1, -0.05) is 43.7 Å². The van der Waals surface area contributed by atoms with E-state index in [4.69, 9.17) is 4.74 Å². The molecule has 0 aromatic heterocycles.